The molecule has 0 radical (unpaired) electrons. The maximum absolute atomic E-state index is 12.5. The first-order valence-electron chi connectivity index (χ1n) is 7.79. The van der Waals surface area contributed by atoms with E-state index in [0.717, 1.165) is 56.5 Å². The predicted octanol–water partition coefficient (Wildman–Crippen LogP) is 2.90. The molecular formula is C15H26N2O2S2. The lowest BCUT2D eigenvalue weighted by Crippen LogP contribution is -2.43. The van der Waals surface area contributed by atoms with E-state index in [9.17, 15) is 8.42 Å². The Bertz CT molecular complexity index is 546. The van der Waals surface area contributed by atoms with Gasteiger partial charge in [0.05, 0.1) is 0 Å². The van der Waals surface area contributed by atoms with E-state index in [1.54, 1.807) is 6.07 Å². The third-order valence-corrected chi connectivity index (χ3v) is 7.24. The van der Waals surface area contributed by atoms with Gasteiger partial charge in [-0.1, -0.05) is 19.8 Å². The number of thiophene rings is 1. The summed E-state index contributed by atoms with van der Waals surface area (Å²) >= 11 is 1.39. The predicted molar refractivity (Wildman–Crippen MR) is 88.4 cm³/mol. The molecule has 1 aliphatic carbocycles. The first-order valence-corrected chi connectivity index (χ1v) is 10.1. The van der Waals surface area contributed by atoms with Crippen molar-refractivity contribution in [3.8, 4) is 0 Å². The van der Waals surface area contributed by atoms with E-state index >= 15 is 0 Å². The Balaban J connectivity index is 1.95. The van der Waals surface area contributed by atoms with E-state index in [4.69, 9.17) is 0 Å². The van der Waals surface area contributed by atoms with Gasteiger partial charge in [-0.25, -0.2) is 13.1 Å². The molecule has 0 aliphatic heterocycles. The van der Waals surface area contributed by atoms with Crippen molar-refractivity contribution in [1.82, 2.24) is 10.0 Å². The standard InChI is InChI=1S/C15H26N2O2S2/c1-3-11-16-12-8-13-6-7-14(20-13)21(18,19)17-15(2)9-4-5-10-15/h6-7,16-17H,3-5,8-12H2,1-2H3. The second kappa shape index (κ2) is 7.22. The van der Waals surface area contributed by atoms with Crippen molar-refractivity contribution in [2.45, 2.75) is 62.1 Å². The zero-order chi connectivity index (χ0) is 15.3. The first-order chi connectivity index (χ1) is 9.95. The summed E-state index contributed by atoms with van der Waals surface area (Å²) in [4.78, 5) is 1.12. The van der Waals surface area contributed by atoms with Crippen molar-refractivity contribution >= 4 is 21.4 Å². The van der Waals surface area contributed by atoms with Gasteiger partial charge in [-0.15, -0.1) is 11.3 Å². The maximum Gasteiger partial charge on any atom is 0.250 e. The zero-order valence-electron chi connectivity index (χ0n) is 12.9. The van der Waals surface area contributed by atoms with Gasteiger partial charge in [-0.3, -0.25) is 0 Å². The average molecular weight is 331 g/mol. The third kappa shape index (κ3) is 4.77. The molecule has 2 rings (SSSR count). The maximum atomic E-state index is 12.5. The van der Waals surface area contributed by atoms with Crippen LogP contribution in [0.15, 0.2) is 16.3 Å². The number of sulfonamides is 1. The van der Waals surface area contributed by atoms with Gasteiger partial charge < -0.3 is 5.32 Å². The average Bonchev–Trinajstić information content (AvgIpc) is 3.04. The highest BCUT2D eigenvalue weighted by Gasteiger charge is 2.34. The fourth-order valence-electron chi connectivity index (χ4n) is 2.78. The lowest BCUT2D eigenvalue weighted by Gasteiger charge is -2.24. The monoisotopic (exact) mass is 330 g/mol. The van der Waals surface area contributed by atoms with Crippen LogP contribution in [0.2, 0.25) is 0 Å². The Hall–Kier alpha value is -0.430. The van der Waals surface area contributed by atoms with Crippen LogP contribution in [-0.4, -0.2) is 27.0 Å². The largest absolute Gasteiger partial charge is 0.316 e. The van der Waals surface area contributed by atoms with E-state index in [1.807, 2.05) is 13.0 Å². The molecule has 4 nitrogen and oxygen atoms in total. The summed E-state index contributed by atoms with van der Waals surface area (Å²) in [5.74, 6) is 0. The van der Waals surface area contributed by atoms with E-state index in [1.165, 1.54) is 11.3 Å². The fourth-order valence-corrected chi connectivity index (χ4v) is 5.60. The van der Waals surface area contributed by atoms with Gasteiger partial charge in [0.25, 0.3) is 10.0 Å². The van der Waals surface area contributed by atoms with Crippen LogP contribution >= 0.6 is 11.3 Å². The van der Waals surface area contributed by atoms with Crippen molar-refractivity contribution in [3.05, 3.63) is 17.0 Å². The van der Waals surface area contributed by atoms with E-state index in [0.29, 0.717) is 4.21 Å². The van der Waals surface area contributed by atoms with Crippen molar-refractivity contribution in [2.24, 2.45) is 0 Å². The SMILES string of the molecule is CCCNCCc1ccc(S(=O)(=O)NC2(C)CCCC2)s1. The summed E-state index contributed by atoms with van der Waals surface area (Å²) in [6.07, 6.45) is 6.09. The van der Waals surface area contributed by atoms with Crippen molar-refractivity contribution in [3.63, 3.8) is 0 Å². The van der Waals surface area contributed by atoms with Gasteiger partial charge in [-0.05, 0) is 57.8 Å². The van der Waals surface area contributed by atoms with Crippen LogP contribution in [0.3, 0.4) is 0 Å². The highest BCUT2D eigenvalue weighted by molar-refractivity contribution is 7.91. The Kier molecular flexibility index (Phi) is 5.82. The summed E-state index contributed by atoms with van der Waals surface area (Å²) in [7, 11) is -3.37. The van der Waals surface area contributed by atoms with Crippen LogP contribution in [-0.2, 0) is 16.4 Å². The van der Waals surface area contributed by atoms with Gasteiger partial charge in [0.2, 0.25) is 0 Å². The van der Waals surface area contributed by atoms with Crippen LogP contribution in [0.5, 0.6) is 0 Å². The minimum absolute atomic E-state index is 0.258. The molecule has 0 spiro atoms. The molecule has 0 bridgehead atoms. The van der Waals surface area contributed by atoms with Crippen LogP contribution in [0.1, 0.15) is 50.8 Å². The summed E-state index contributed by atoms with van der Waals surface area (Å²) < 4.78 is 28.3. The smallest absolute Gasteiger partial charge is 0.250 e. The zero-order valence-corrected chi connectivity index (χ0v) is 14.6. The Morgan fingerprint density at radius 1 is 1.24 bits per heavy atom. The molecule has 1 aliphatic rings. The minimum Gasteiger partial charge on any atom is -0.316 e. The molecule has 2 N–H and O–H groups in total. The quantitative estimate of drug-likeness (QED) is 0.721. The highest BCUT2D eigenvalue weighted by atomic mass is 32.2. The lowest BCUT2D eigenvalue weighted by atomic mass is 10.0. The molecule has 1 aromatic rings. The minimum atomic E-state index is -3.37. The topological polar surface area (TPSA) is 58.2 Å². The van der Waals surface area contributed by atoms with Gasteiger partial charge in [0.15, 0.2) is 0 Å². The Morgan fingerprint density at radius 2 is 1.95 bits per heavy atom. The molecule has 1 saturated carbocycles. The first kappa shape index (κ1) is 16.9. The third-order valence-electron chi connectivity index (χ3n) is 3.96. The molecule has 21 heavy (non-hydrogen) atoms. The molecule has 0 unspecified atom stereocenters. The molecule has 1 heterocycles. The van der Waals surface area contributed by atoms with Crippen LogP contribution in [0.25, 0.3) is 0 Å². The lowest BCUT2D eigenvalue weighted by molar-refractivity contribution is 0.428. The highest BCUT2D eigenvalue weighted by Crippen LogP contribution is 2.31. The van der Waals surface area contributed by atoms with Crippen molar-refractivity contribution < 1.29 is 8.42 Å². The second-order valence-electron chi connectivity index (χ2n) is 6.09. The van der Waals surface area contributed by atoms with Crippen LogP contribution in [0, 0.1) is 0 Å². The second-order valence-corrected chi connectivity index (χ2v) is 9.17. The van der Waals surface area contributed by atoms with Gasteiger partial charge in [0, 0.05) is 10.4 Å². The molecule has 120 valence electrons. The van der Waals surface area contributed by atoms with E-state index < -0.39 is 10.0 Å². The summed E-state index contributed by atoms with van der Waals surface area (Å²) in [6, 6.07) is 3.67. The summed E-state index contributed by atoms with van der Waals surface area (Å²) in [5.41, 5.74) is -0.258. The fraction of sp³-hybridized carbons (Fsp3) is 0.733. The molecule has 1 fully saturated rings. The van der Waals surface area contributed by atoms with Crippen molar-refractivity contribution in [1.29, 1.82) is 0 Å². The van der Waals surface area contributed by atoms with E-state index in [-0.39, 0.29) is 5.54 Å². The van der Waals surface area contributed by atoms with Gasteiger partial charge >= 0.3 is 0 Å². The van der Waals surface area contributed by atoms with Gasteiger partial charge in [-0.2, -0.15) is 0 Å². The molecule has 0 aromatic carbocycles. The molecule has 1 aromatic heterocycles. The molecule has 0 amide bonds. The number of nitrogens with one attached hydrogen (secondary N) is 2. The number of hydrogen-bond acceptors (Lipinski definition) is 4. The Labute approximate surface area is 132 Å². The van der Waals surface area contributed by atoms with Crippen LogP contribution in [0.4, 0.5) is 0 Å². The molecule has 0 atom stereocenters. The molecule has 0 saturated heterocycles. The number of hydrogen-bond donors (Lipinski definition) is 2. The molecule has 6 heteroatoms. The molecular weight excluding hydrogens is 304 g/mol. The summed E-state index contributed by atoms with van der Waals surface area (Å²) in [5, 5.41) is 3.34. The van der Waals surface area contributed by atoms with Gasteiger partial charge in [0.1, 0.15) is 4.21 Å². The van der Waals surface area contributed by atoms with Crippen molar-refractivity contribution in [2.75, 3.05) is 13.1 Å². The van der Waals surface area contributed by atoms with Crippen LogP contribution < -0.4 is 10.0 Å². The number of rotatable bonds is 8. The van der Waals surface area contributed by atoms with E-state index in [2.05, 4.69) is 17.0 Å². The summed E-state index contributed by atoms with van der Waals surface area (Å²) in [6.45, 7) is 6.06. The Morgan fingerprint density at radius 3 is 2.62 bits per heavy atom. The normalized spacial score (nSPS) is 18.2.